The lowest BCUT2D eigenvalue weighted by atomic mass is 9.98. The second kappa shape index (κ2) is 17.4. The normalized spacial score (nSPS) is 17.5. The van der Waals surface area contributed by atoms with E-state index in [1.165, 1.54) is 25.6 Å². The van der Waals surface area contributed by atoms with Gasteiger partial charge in [0.1, 0.15) is 23.7 Å². The third-order valence-corrected chi connectivity index (χ3v) is 12.2. The second-order valence-corrected chi connectivity index (χ2v) is 16.4. The number of fused-ring (bicyclic) bond motifs is 1. The number of likely N-dealkylation sites (tertiary alicyclic amines) is 2. The maximum atomic E-state index is 13.8. The van der Waals surface area contributed by atoms with Gasteiger partial charge in [0.15, 0.2) is 0 Å². The van der Waals surface area contributed by atoms with Crippen molar-refractivity contribution in [3.05, 3.63) is 107 Å². The Labute approximate surface area is 351 Å². The molecule has 4 N–H and O–H groups in total. The van der Waals surface area contributed by atoms with E-state index in [9.17, 15) is 19.2 Å². The van der Waals surface area contributed by atoms with E-state index < -0.39 is 24.3 Å². The van der Waals surface area contributed by atoms with Gasteiger partial charge >= 0.3 is 12.2 Å². The number of thiophene rings is 1. The summed E-state index contributed by atoms with van der Waals surface area (Å²) >= 11 is 1.46. The minimum atomic E-state index is -0.843. The number of imidazole rings is 2. The van der Waals surface area contributed by atoms with Crippen LogP contribution in [0.1, 0.15) is 74.9 Å². The number of rotatable bonds is 11. The molecule has 6 aromatic rings. The van der Waals surface area contributed by atoms with E-state index >= 15 is 0 Å². The van der Waals surface area contributed by atoms with Gasteiger partial charge in [-0.1, -0.05) is 62.4 Å². The molecule has 15 heteroatoms. The Hall–Kier alpha value is -6.48. The summed E-state index contributed by atoms with van der Waals surface area (Å²) in [6.07, 6.45) is 5.56. The SMILES string of the molecule is COC(=O)NC(C(=O)N1CCCC1c1ncc(-c2ccc(-c3ccc4cc(-c5cnc([C@@H]6CCCN6C(=O)[C@@H](NC(=O)OC)C(C)C)[nH]5)ccc4c3)cc2)[nH]1)c1ccsc1. The summed E-state index contributed by atoms with van der Waals surface area (Å²) in [5, 5.41) is 11.3. The van der Waals surface area contributed by atoms with Crippen molar-refractivity contribution in [1.82, 2.24) is 40.4 Å². The lowest BCUT2D eigenvalue weighted by Gasteiger charge is -2.30. The number of carbonyl (C=O) groups is 4. The molecule has 0 bridgehead atoms. The zero-order valence-corrected chi connectivity index (χ0v) is 34.8. The zero-order valence-electron chi connectivity index (χ0n) is 33.9. The monoisotopic (exact) mass is 828 g/mol. The maximum absolute atomic E-state index is 13.8. The van der Waals surface area contributed by atoms with E-state index in [2.05, 4.69) is 81.3 Å². The quantitative estimate of drug-likeness (QED) is 0.101. The standard InChI is InChI=1S/C45H48N8O6S/c1-26(2)38(50-44(56)58-3)42(54)52-18-5-7-36(52)41-47-24-35(49-41)32-16-15-30-21-29(13-14-31(30)22-32)27-9-11-28(12-10-27)34-23-46-40(48-34)37-8-6-19-53(37)43(55)39(51-45(57)59-4)33-17-20-60-25-33/h9-17,20-26,36-39H,5-8,18-19H2,1-4H3,(H,46,48)(H,47,49)(H,50,56)(H,51,57)/t36-,37?,38-,39?/m0/s1. The highest BCUT2D eigenvalue weighted by atomic mass is 32.1. The molecule has 4 atom stereocenters. The fourth-order valence-electron chi connectivity index (χ4n) is 8.32. The third kappa shape index (κ3) is 8.21. The predicted octanol–water partition coefficient (Wildman–Crippen LogP) is 8.15. The molecule has 2 saturated heterocycles. The van der Waals surface area contributed by atoms with E-state index in [0.29, 0.717) is 18.9 Å². The van der Waals surface area contributed by atoms with Gasteiger partial charge in [0.2, 0.25) is 5.91 Å². The van der Waals surface area contributed by atoms with Crippen LogP contribution in [0.3, 0.4) is 0 Å². The van der Waals surface area contributed by atoms with E-state index in [1.54, 1.807) is 11.1 Å². The average molecular weight is 829 g/mol. The van der Waals surface area contributed by atoms with Crippen LogP contribution in [0, 0.1) is 5.92 Å². The number of carbonyl (C=O) groups excluding carboxylic acids is 4. The summed E-state index contributed by atoms with van der Waals surface area (Å²) < 4.78 is 9.58. The molecule has 60 heavy (non-hydrogen) atoms. The molecule has 3 aromatic heterocycles. The molecule has 4 amide bonds. The van der Waals surface area contributed by atoms with Gasteiger partial charge in [0.05, 0.1) is 50.1 Å². The topological polar surface area (TPSA) is 175 Å². The Morgan fingerprint density at radius 2 is 1.23 bits per heavy atom. The highest BCUT2D eigenvalue weighted by molar-refractivity contribution is 7.08. The smallest absolute Gasteiger partial charge is 0.407 e. The number of hydrogen-bond donors (Lipinski definition) is 4. The Balaban J connectivity index is 0.941. The second-order valence-electron chi connectivity index (χ2n) is 15.6. The fraction of sp³-hybridized carbons (Fsp3) is 0.333. The van der Waals surface area contributed by atoms with Crippen LogP contribution in [0.5, 0.6) is 0 Å². The fourth-order valence-corrected chi connectivity index (χ4v) is 9.00. The molecule has 2 aliphatic heterocycles. The molecule has 0 saturated carbocycles. The Kier molecular flexibility index (Phi) is 11.7. The Morgan fingerprint density at radius 1 is 0.700 bits per heavy atom. The van der Waals surface area contributed by atoms with Crippen molar-refractivity contribution in [2.75, 3.05) is 27.3 Å². The van der Waals surface area contributed by atoms with Crippen molar-refractivity contribution in [3.63, 3.8) is 0 Å². The average Bonchev–Trinajstić information content (AvgIpc) is 4.13. The molecule has 14 nitrogen and oxygen atoms in total. The lowest BCUT2D eigenvalue weighted by Crippen LogP contribution is -2.51. The largest absolute Gasteiger partial charge is 0.453 e. The van der Waals surface area contributed by atoms with Gasteiger partial charge in [-0.05, 0) is 93.6 Å². The van der Waals surface area contributed by atoms with Crippen LogP contribution < -0.4 is 10.6 Å². The highest BCUT2D eigenvalue weighted by Crippen LogP contribution is 2.36. The first-order valence-electron chi connectivity index (χ1n) is 20.2. The molecule has 0 radical (unpaired) electrons. The minimum absolute atomic E-state index is 0.107. The zero-order chi connectivity index (χ0) is 41.9. The van der Waals surface area contributed by atoms with Gasteiger partial charge in [-0.15, -0.1) is 0 Å². The Morgan fingerprint density at radius 3 is 1.82 bits per heavy atom. The highest BCUT2D eigenvalue weighted by Gasteiger charge is 2.39. The molecular formula is C45H48N8O6S. The van der Waals surface area contributed by atoms with Crippen LogP contribution in [0.4, 0.5) is 9.59 Å². The lowest BCUT2D eigenvalue weighted by molar-refractivity contribution is -0.135. The first kappa shape index (κ1) is 40.3. The third-order valence-electron chi connectivity index (χ3n) is 11.5. The van der Waals surface area contributed by atoms with Crippen LogP contribution in [0.25, 0.3) is 44.4 Å². The van der Waals surface area contributed by atoms with Crippen molar-refractivity contribution < 1.29 is 28.7 Å². The van der Waals surface area contributed by atoms with Crippen molar-refractivity contribution >= 4 is 46.1 Å². The summed E-state index contributed by atoms with van der Waals surface area (Å²) in [6, 6.07) is 20.9. The number of alkyl carbamates (subject to hydrolysis) is 2. The molecule has 5 heterocycles. The molecule has 0 aliphatic carbocycles. The molecule has 8 rings (SSSR count). The summed E-state index contributed by atoms with van der Waals surface area (Å²) in [5.41, 5.74) is 6.57. The van der Waals surface area contributed by atoms with Gasteiger partial charge in [0, 0.05) is 18.7 Å². The molecule has 2 aliphatic rings. The van der Waals surface area contributed by atoms with Crippen LogP contribution in [-0.4, -0.2) is 87.1 Å². The van der Waals surface area contributed by atoms with E-state index in [-0.39, 0.29) is 29.8 Å². The van der Waals surface area contributed by atoms with E-state index in [1.807, 2.05) is 41.8 Å². The molecule has 2 unspecified atom stereocenters. The van der Waals surface area contributed by atoms with Crippen LogP contribution in [0.15, 0.2) is 89.9 Å². The number of H-pyrrole nitrogens is 2. The number of hydrogen-bond acceptors (Lipinski definition) is 9. The van der Waals surface area contributed by atoms with E-state index in [0.717, 1.165) is 81.5 Å². The van der Waals surface area contributed by atoms with Gasteiger partial charge in [0.25, 0.3) is 5.91 Å². The van der Waals surface area contributed by atoms with Crippen LogP contribution in [0.2, 0.25) is 0 Å². The number of nitrogens with one attached hydrogen (secondary N) is 4. The van der Waals surface area contributed by atoms with Crippen molar-refractivity contribution in [2.24, 2.45) is 5.92 Å². The van der Waals surface area contributed by atoms with Gasteiger partial charge in [-0.25, -0.2) is 19.6 Å². The molecule has 2 fully saturated rings. The van der Waals surface area contributed by atoms with Crippen molar-refractivity contribution in [3.8, 4) is 33.6 Å². The number of aromatic nitrogens is 4. The number of nitrogens with zero attached hydrogens (tertiary/aromatic N) is 4. The van der Waals surface area contributed by atoms with Crippen LogP contribution in [-0.2, 0) is 19.1 Å². The van der Waals surface area contributed by atoms with Gasteiger partial charge < -0.3 is 39.9 Å². The van der Waals surface area contributed by atoms with Crippen LogP contribution >= 0.6 is 11.3 Å². The first-order chi connectivity index (χ1) is 29.1. The summed E-state index contributed by atoms with van der Waals surface area (Å²) in [5.74, 6) is 0.997. The molecule has 310 valence electrons. The Bertz CT molecular complexity index is 2500. The van der Waals surface area contributed by atoms with Gasteiger partial charge in [-0.2, -0.15) is 11.3 Å². The van der Waals surface area contributed by atoms with Crippen molar-refractivity contribution in [1.29, 1.82) is 0 Å². The maximum Gasteiger partial charge on any atom is 0.407 e. The van der Waals surface area contributed by atoms with E-state index in [4.69, 9.17) is 19.4 Å². The predicted molar refractivity (Wildman–Crippen MR) is 229 cm³/mol. The number of amides is 4. The number of methoxy groups -OCH3 is 2. The number of aromatic amines is 2. The molecule has 0 spiro atoms. The summed E-state index contributed by atoms with van der Waals surface area (Å²) in [6.45, 7) is 4.97. The number of ether oxygens (including phenoxy) is 2. The summed E-state index contributed by atoms with van der Waals surface area (Å²) in [4.78, 5) is 71.5. The summed E-state index contributed by atoms with van der Waals surface area (Å²) in [7, 11) is 2.58. The molecular weight excluding hydrogens is 781 g/mol. The number of benzene rings is 3. The first-order valence-corrected chi connectivity index (χ1v) is 21.1. The molecule has 3 aromatic carbocycles. The van der Waals surface area contributed by atoms with Gasteiger partial charge in [-0.3, -0.25) is 9.59 Å². The minimum Gasteiger partial charge on any atom is -0.453 e. The van der Waals surface area contributed by atoms with Crippen molar-refractivity contribution in [2.45, 2.75) is 63.7 Å².